The Kier molecular flexibility index (Phi) is 6.30. The van der Waals surface area contributed by atoms with E-state index in [-0.39, 0.29) is 24.7 Å². The summed E-state index contributed by atoms with van der Waals surface area (Å²) >= 11 is 0. The first-order valence-electron chi connectivity index (χ1n) is 8.47. The van der Waals surface area contributed by atoms with Crippen molar-refractivity contribution in [1.29, 1.82) is 0 Å². The lowest BCUT2D eigenvalue weighted by molar-refractivity contribution is -0.384. The number of oxime groups is 1. The maximum Gasteiger partial charge on any atom is 0.269 e. The van der Waals surface area contributed by atoms with Crippen molar-refractivity contribution in [3.05, 3.63) is 105 Å². The zero-order valence-electron chi connectivity index (χ0n) is 14.8. The van der Waals surface area contributed by atoms with Gasteiger partial charge >= 0.3 is 0 Å². The van der Waals surface area contributed by atoms with Crippen LogP contribution < -0.4 is 4.74 Å². The van der Waals surface area contributed by atoms with Crippen molar-refractivity contribution in [3.8, 4) is 5.75 Å². The lowest BCUT2D eigenvalue weighted by Gasteiger charge is -2.07. The third-order valence-electron chi connectivity index (χ3n) is 3.84. The summed E-state index contributed by atoms with van der Waals surface area (Å²) in [5.74, 6) is 0.264. The highest BCUT2D eigenvalue weighted by Crippen LogP contribution is 2.16. The van der Waals surface area contributed by atoms with Crippen LogP contribution in [-0.2, 0) is 18.1 Å². The van der Waals surface area contributed by atoms with Crippen LogP contribution >= 0.6 is 0 Å². The van der Waals surface area contributed by atoms with Gasteiger partial charge < -0.3 is 9.57 Å². The summed E-state index contributed by atoms with van der Waals surface area (Å²) in [6, 6.07) is 19.7. The largest absolute Gasteiger partial charge is 0.489 e. The van der Waals surface area contributed by atoms with Gasteiger partial charge in [-0.05, 0) is 29.3 Å². The number of halogens is 1. The molecule has 3 aromatic rings. The average Bonchev–Trinajstić information content (AvgIpc) is 2.71. The molecule has 0 heterocycles. The Hall–Kier alpha value is -3.74. The Morgan fingerprint density at radius 2 is 1.82 bits per heavy atom. The van der Waals surface area contributed by atoms with Gasteiger partial charge in [0.1, 0.15) is 24.8 Å². The van der Waals surface area contributed by atoms with Crippen LogP contribution in [0.4, 0.5) is 10.1 Å². The Morgan fingerprint density at radius 1 is 1.00 bits per heavy atom. The van der Waals surface area contributed by atoms with E-state index >= 15 is 0 Å². The molecule has 0 bridgehead atoms. The highest BCUT2D eigenvalue weighted by atomic mass is 19.1. The molecule has 0 N–H and O–H groups in total. The molecule has 0 spiro atoms. The van der Waals surface area contributed by atoms with Gasteiger partial charge in [-0.1, -0.05) is 47.6 Å². The first-order chi connectivity index (χ1) is 13.6. The van der Waals surface area contributed by atoms with Crippen molar-refractivity contribution < 1.29 is 18.9 Å². The minimum Gasteiger partial charge on any atom is -0.489 e. The minimum atomic E-state index is -0.459. The van der Waals surface area contributed by atoms with Crippen LogP contribution in [0, 0.1) is 15.9 Å². The SMILES string of the molecule is O=[N+]([O-])c1cccc(CO/N=C\c2cccc(OCc3ccccc3F)c2)c1. The summed E-state index contributed by atoms with van der Waals surface area (Å²) in [4.78, 5) is 15.5. The molecule has 3 aromatic carbocycles. The average molecular weight is 380 g/mol. The molecule has 0 amide bonds. The second-order valence-corrected chi connectivity index (χ2v) is 5.89. The number of hydrogen-bond acceptors (Lipinski definition) is 5. The monoisotopic (exact) mass is 380 g/mol. The number of hydrogen-bond donors (Lipinski definition) is 0. The summed E-state index contributed by atoms with van der Waals surface area (Å²) < 4.78 is 19.2. The summed E-state index contributed by atoms with van der Waals surface area (Å²) in [5.41, 5.74) is 1.87. The van der Waals surface area contributed by atoms with Crippen LogP contribution in [0.3, 0.4) is 0 Å². The van der Waals surface area contributed by atoms with Crippen LogP contribution in [0.1, 0.15) is 16.7 Å². The van der Waals surface area contributed by atoms with Crippen molar-refractivity contribution in [2.24, 2.45) is 5.16 Å². The quantitative estimate of drug-likeness (QED) is 0.318. The summed E-state index contributed by atoms with van der Waals surface area (Å²) in [5, 5.41) is 14.6. The first-order valence-corrected chi connectivity index (χ1v) is 8.47. The standard InChI is InChI=1S/C21H17FN2O4/c22-21-10-2-1-7-18(21)15-27-20-9-4-5-16(12-20)13-23-28-14-17-6-3-8-19(11-17)24(25)26/h1-13H,14-15H2/b23-13-. The molecule has 3 rings (SSSR count). The fourth-order valence-corrected chi connectivity index (χ4v) is 2.43. The molecule has 0 saturated heterocycles. The van der Waals surface area contributed by atoms with Gasteiger partial charge in [-0.15, -0.1) is 0 Å². The van der Waals surface area contributed by atoms with Gasteiger partial charge in [0, 0.05) is 17.7 Å². The smallest absolute Gasteiger partial charge is 0.269 e. The van der Waals surface area contributed by atoms with Gasteiger partial charge in [-0.25, -0.2) is 4.39 Å². The maximum atomic E-state index is 13.6. The molecule has 0 aromatic heterocycles. The normalized spacial score (nSPS) is 10.8. The van der Waals surface area contributed by atoms with Gasteiger partial charge in [0.2, 0.25) is 0 Å². The fourth-order valence-electron chi connectivity index (χ4n) is 2.43. The number of non-ortho nitro benzene ring substituents is 1. The van der Waals surface area contributed by atoms with E-state index in [1.165, 1.54) is 24.4 Å². The number of rotatable bonds is 8. The van der Waals surface area contributed by atoms with Crippen LogP contribution in [0.15, 0.2) is 78.0 Å². The van der Waals surface area contributed by atoms with Crippen molar-refractivity contribution in [2.75, 3.05) is 0 Å². The van der Waals surface area contributed by atoms with Crippen LogP contribution in [0.2, 0.25) is 0 Å². The van der Waals surface area contributed by atoms with E-state index in [9.17, 15) is 14.5 Å². The number of benzene rings is 3. The molecular weight excluding hydrogens is 363 g/mol. The number of nitro benzene ring substituents is 1. The first kappa shape index (κ1) is 19.0. The number of ether oxygens (including phenoxy) is 1. The summed E-state index contributed by atoms with van der Waals surface area (Å²) in [6.45, 7) is 0.234. The van der Waals surface area contributed by atoms with Gasteiger partial charge in [-0.3, -0.25) is 10.1 Å². The molecule has 0 unspecified atom stereocenters. The van der Waals surface area contributed by atoms with E-state index in [0.717, 1.165) is 5.56 Å². The summed E-state index contributed by atoms with van der Waals surface area (Å²) in [7, 11) is 0. The number of nitro groups is 1. The van der Waals surface area contributed by atoms with E-state index in [1.54, 1.807) is 48.5 Å². The number of nitrogens with zero attached hydrogens (tertiary/aromatic N) is 2. The van der Waals surface area contributed by atoms with Gasteiger partial charge in [0.25, 0.3) is 5.69 Å². The van der Waals surface area contributed by atoms with Crippen LogP contribution in [0.5, 0.6) is 5.75 Å². The molecule has 6 nitrogen and oxygen atoms in total. The van der Waals surface area contributed by atoms with Crippen molar-refractivity contribution in [1.82, 2.24) is 0 Å². The Labute approximate surface area is 161 Å². The van der Waals surface area contributed by atoms with Gasteiger partial charge in [-0.2, -0.15) is 0 Å². The molecule has 28 heavy (non-hydrogen) atoms. The van der Waals surface area contributed by atoms with Crippen molar-refractivity contribution >= 4 is 11.9 Å². The molecule has 0 radical (unpaired) electrons. The molecule has 0 saturated carbocycles. The highest BCUT2D eigenvalue weighted by Gasteiger charge is 2.05. The summed E-state index contributed by atoms with van der Waals surface area (Å²) in [6.07, 6.45) is 1.51. The lowest BCUT2D eigenvalue weighted by atomic mass is 10.2. The molecule has 142 valence electrons. The molecular formula is C21H17FN2O4. The van der Waals surface area contributed by atoms with E-state index in [1.807, 2.05) is 6.07 Å². The second kappa shape index (κ2) is 9.27. The van der Waals surface area contributed by atoms with Crippen molar-refractivity contribution in [3.63, 3.8) is 0 Å². The Bertz CT molecular complexity index is 991. The lowest BCUT2D eigenvalue weighted by Crippen LogP contribution is -1.98. The van der Waals surface area contributed by atoms with E-state index in [2.05, 4.69) is 5.16 Å². The predicted molar refractivity (Wildman–Crippen MR) is 103 cm³/mol. The maximum absolute atomic E-state index is 13.6. The van der Waals surface area contributed by atoms with Crippen molar-refractivity contribution in [2.45, 2.75) is 13.2 Å². The van der Waals surface area contributed by atoms with E-state index in [0.29, 0.717) is 16.9 Å². The van der Waals surface area contributed by atoms with Gasteiger partial charge in [0.15, 0.2) is 0 Å². The zero-order valence-corrected chi connectivity index (χ0v) is 14.8. The third-order valence-corrected chi connectivity index (χ3v) is 3.84. The molecule has 0 aliphatic rings. The zero-order chi connectivity index (χ0) is 19.8. The Morgan fingerprint density at radius 3 is 2.64 bits per heavy atom. The molecule has 0 fully saturated rings. The fraction of sp³-hybridized carbons (Fsp3) is 0.0952. The van der Waals surface area contributed by atoms with E-state index in [4.69, 9.17) is 9.57 Å². The Balaban J connectivity index is 1.54. The second-order valence-electron chi connectivity index (χ2n) is 5.89. The van der Waals surface area contributed by atoms with E-state index < -0.39 is 4.92 Å². The molecule has 0 aliphatic carbocycles. The molecule has 0 atom stereocenters. The molecule has 7 heteroatoms. The highest BCUT2D eigenvalue weighted by molar-refractivity contribution is 5.79. The van der Waals surface area contributed by atoms with Gasteiger partial charge in [0.05, 0.1) is 11.1 Å². The topological polar surface area (TPSA) is 74.0 Å². The third kappa shape index (κ3) is 5.38. The predicted octanol–water partition coefficient (Wildman–Crippen LogP) is 4.86. The molecule has 0 aliphatic heterocycles. The minimum absolute atomic E-state index is 0.00443. The van der Waals surface area contributed by atoms with Crippen LogP contribution in [0.25, 0.3) is 0 Å². The van der Waals surface area contributed by atoms with Crippen LogP contribution in [-0.4, -0.2) is 11.1 Å².